The SMILES string of the molecule is CC(C)O.CC(F)(F)Oc1ccccc1OC1CCC1.O=CNC1CCCCC1. The number of rotatable bonds is 6. The maximum atomic E-state index is 12.7. The van der Waals surface area contributed by atoms with Crippen LogP contribution in [0, 0.1) is 0 Å². The number of ether oxygens (including phenoxy) is 2. The van der Waals surface area contributed by atoms with Crippen molar-refractivity contribution in [3.05, 3.63) is 24.3 Å². The average Bonchev–Trinajstić information content (AvgIpc) is 2.59. The van der Waals surface area contributed by atoms with Crippen LogP contribution in [0.5, 0.6) is 11.5 Å². The van der Waals surface area contributed by atoms with E-state index in [0.29, 0.717) is 18.7 Å². The topological polar surface area (TPSA) is 67.8 Å². The first kappa shape index (κ1) is 25.1. The monoisotopic (exact) mass is 415 g/mol. The summed E-state index contributed by atoms with van der Waals surface area (Å²) in [6.45, 7) is 4.16. The predicted molar refractivity (Wildman–Crippen MR) is 109 cm³/mol. The van der Waals surface area contributed by atoms with E-state index in [9.17, 15) is 13.6 Å². The van der Waals surface area contributed by atoms with Gasteiger partial charge in [0.25, 0.3) is 0 Å². The fraction of sp³-hybridized carbons (Fsp3) is 0.682. The zero-order chi connectivity index (χ0) is 21.7. The van der Waals surface area contributed by atoms with Crippen LogP contribution in [0.4, 0.5) is 8.78 Å². The van der Waals surface area contributed by atoms with Gasteiger partial charge < -0.3 is 19.9 Å². The molecule has 0 spiro atoms. The molecule has 166 valence electrons. The Balaban J connectivity index is 0.000000272. The summed E-state index contributed by atoms with van der Waals surface area (Å²) in [7, 11) is 0. The van der Waals surface area contributed by atoms with Gasteiger partial charge in [0.2, 0.25) is 6.41 Å². The molecule has 0 aromatic heterocycles. The molecule has 0 atom stereocenters. The maximum absolute atomic E-state index is 12.7. The minimum absolute atomic E-state index is 0.0990. The van der Waals surface area contributed by atoms with Crippen LogP contribution in [-0.2, 0) is 4.79 Å². The first-order valence-electron chi connectivity index (χ1n) is 10.4. The molecule has 2 fully saturated rings. The van der Waals surface area contributed by atoms with Gasteiger partial charge in [0.1, 0.15) is 0 Å². The number of aliphatic hydroxyl groups excluding tert-OH is 1. The lowest BCUT2D eigenvalue weighted by Gasteiger charge is -2.27. The van der Waals surface area contributed by atoms with E-state index in [1.54, 1.807) is 32.0 Å². The van der Waals surface area contributed by atoms with Crippen molar-refractivity contribution >= 4 is 6.41 Å². The second kappa shape index (κ2) is 13.4. The Morgan fingerprint density at radius 2 is 1.62 bits per heavy atom. The van der Waals surface area contributed by atoms with Crippen molar-refractivity contribution in [1.29, 1.82) is 0 Å². The lowest BCUT2D eigenvalue weighted by Crippen LogP contribution is -2.29. The van der Waals surface area contributed by atoms with E-state index in [-0.39, 0.29) is 18.0 Å². The van der Waals surface area contributed by atoms with Crippen molar-refractivity contribution in [2.75, 3.05) is 0 Å². The van der Waals surface area contributed by atoms with Gasteiger partial charge in [0.05, 0.1) is 6.10 Å². The van der Waals surface area contributed by atoms with Crippen molar-refractivity contribution in [3.8, 4) is 11.5 Å². The molecule has 0 saturated heterocycles. The largest absolute Gasteiger partial charge is 0.487 e. The molecular weight excluding hydrogens is 380 g/mol. The van der Waals surface area contributed by atoms with Crippen LogP contribution in [0.15, 0.2) is 24.3 Å². The summed E-state index contributed by atoms with van der Waals surface area (Å²) < 4.78 is 35.6. The number of amides is 1. The summed E-state index contributed by atoms with van der Waals surface area (Å²) in [6, 6.07) is 7.02. The zero-order valence-electron chi connectivity index (χ0n) is 17.7. The van der Waals surface area contributed by atoms with E-state index < -0.39 is 6.11 Å². The minimum Gasteiger partial charge on any atom is -0.487 e. The van der Waals surface area contributed by atoms with E-state index >= 15 is 0 Å². The second-order valence-electron chi connectivity index (χ2n) is 7.74. The van der Waals surface area contributed by atoms with E-state index in [0.717, 1.165) is 25.7 Å². The number of alkyl halides is 2. The smallest absolute Gasteiger partial charge is 0.395 e. The third-order valence-corrected chi connectivity index (χ3v) is 4.39. The average molecular weight is 416 g/mol. The lowest BCUT2D eigenvalue weighted by atomic mass is 9.96. The van der Waals surface area contributed by atoms with Crippen LogP contribution in [0.25, 0.3) is 0 Å². The van der Waals surface area contributed by atoms with E-state index in [4.69, 9.17) is 9.84 Å². The third-order valence-electron chi connectivity index (χ3n) is 4.39. The highest BCUT2D eigenvalue weighted by atomic mass is 19.3. The van der Waals surface area contributed by atoms with Gasteiger partial charge in [-0.25, -0.2) is 0 Å². The first-order valence-corrected chi connectivity index (χ1v) is 10.4. The highest BCUT2D eigenvalue weighted by molar-refractivity contribution is 5.46. The van der Waals surface area contributed by atoms with Crippen molar-refractivity contribution in [2.24, 2.45) is 0 Å². The molecule has 1 aromatic carbocycles. The van der Waals surface area contributed by atoms with Gasteiger partial charge in [-0.15, -0.1) is 0 Å². The summed E-state index contributed by atoms with van der Waals surface area (Å²) in [5.41, 5.74) is 0. The highest BCUT2D eigenvalue weighted by Crippen LogP contribution is 2.34. The van der Waals surface area contributed by atoms with Crippen molar-refractivity contribution in [3.63, 3.8) is 0 Å². The molecule has 2 aliphatic rings. The van der Waals surface area contributed by atoms with E-state index in [1.165, 1.54) is 38.2 Å². The molecule has 1 aromatic rings. The number of nitrogens with one attached hydrogen (secondary N) is 1. The Hall–Kier alpha value is -1.89. The number of halogens is 2. The number of hydrogen-bond donors (Lipinski definition) is 2. The second-order valence-corrected chi connectivity index (χ2v) is 7.74. The predicted octanol–water partition coefficient (Wildman–Crippen LogP) is 5.06. The Bertz CT molecular complexity index is 565. The van der Waals surface area contributed by atoms with Crippen LogP contribution in [0.1, 0.15) is 72.1 Å². The van der Waals surface area contributed by atoms with Crippen molar-refractivity contribution in [2.45, 2.75) is 96.5 Å². The number of hydrogen-bond acceptors (Lipinski definition) is 4. The molecule has 0 aliphatic heterocycles. The summed E-state index contributed by atoms with van der Waals surface area (Å²) in [6.07, 6.45) is 6.99. The van der Waals surface area contributed by atoms with Gasteiger partial charge in [0, 0.05) is 19.1 Å². The first-order chi connectivity index (χ1) is 13.7. The summed E-state index contributed by atoms with van der Waals surface area (Å²) in [4.78, 5) is 9.96. The number of carbonyl (C=O) groups excluding carboxylic acids is 1. The molecule has 7 heteroatoms. The summed E-state index contributed by atoms with van der Waals surface area (Å²) >= 11 is 0. The van der Waals surface area contributed by atoms with E-state index in [1.807, 2.05) is 0 Å². The van der Waals surface area contributed by atoms with Gasteiger partial charge in [-0.1, -0.05) is 31.4 Å². The zero-order valence-corrected chi connectivity index (χ0v) is 17.7. The number of aliphatic hydroxyl groups is 1. The fourth-order valence-electron chi connectivity index (χ4n) is 2.86. The van der Waals surface area contributed by atoms with Crippen LogP contribution in [0.2, 0.25) is 0 Å². The standard InChI is InChI=1S/C12H14F2O2.C7H13NO.C3H8O/c1-12(13,14)16-11-8-3-2-7-10(11)15-9-5-4-6-9;9-6-8-7-4-2-1-3-5-7;1-3(2)4/h2-3,7-9H,4-6H2,1H3;6-7H,1-5H2,(H,8,9);3-4H,1-2H3. The Kier molecular flexibility index (Phi) is 11.6. The summed E-state index contributed by atoms with van der Waals surface area (Å²) in [5.74, 6) is 0.496. The summed E-state index contributed by atoms with van der Waals surface area (Å²) in [5, 5.41) is 10.9. The molecule has 29 heavy (non-hydrogen) atoms. The fourth-order valence-corrected chi connectivity index (χ4v) is 2.86. The van der Waals surface area contributed by atoms with Crippen LogP contribution >= 0.6 is 0 Å². The molecular formula is C22H35F2NO4. The molecule has 3 rings (SSSR count). The molecule has 0 heterocycles. The Morgan fingerprint density at radius 1 is 1.07 bits per heavy atom. The van der Waals surface area contributed by atoms with Gasteiger partial charge >= 0.3 is 6.11 Å². The molecule has 2 saturated carbocycles. The van der Waals surface area contributed by atoms with Gasteiger partial charge in [-0.2, -0.15) is 8.78 Å². The molecule has 0 radical (unpaired) electrons. The van der Waals surface area contributed by atoms with Crippen molar-refractivity contribution < 1.29 is 28.2 Å². The lowest BCUT2D eigenvalue weighted by molar-refractivity contribution is -0.160. The number of benzene rings is 1. The Labute approximate surface area is 172 Å². The number of carbonyl (C=O) groups is 1. The highest BCUT2D eigenvalue weighted by Gasteiger charge is 2.26. The van der Waals surface area contributed by atoms with Crippen LogP contribution < -0.4 is 14.8 Å². The van der Waals surface area contributed by atoms with Gasteiger partial charge in [0.15, 0.2) is 11.5 Å². The number of para-hydroxylation sites is 2. The Morgan fingerprint density at radius 3 is 2.07 bits per heavy atom. The van der Waals surface area contributed by atoms with Crippen LogP contribution in [0.3, 0.4) is 0 Å². The molecule has 0 unspecified atom stereocenters. The molecule has 0 bridgehead atoms. The van der Waals surface area contributed by atoms with Gasteiger partial charge in [-0.05, 0) is 58.1 Å². The quantitative estimate of drug-likeness (QED) is 0.637. The van der Waals surface area contributed by atoms with Crippen LogP contribution in [-0.4, -0.2) is 35.9 Å². The van der Waals surface area contributed by atoms with Crippen molar-refractivity contribution in [1.82, 2.24) is 5.32 Å². The minimum atomic E-state index is -3.18. The molecule has 5 nitrogen and oxygen atoms in total. The maximum Gasteiger partial charge on any atom is 0.395 e. The van der Waals surface area contributed by atoms with Gasteiger partial charge in [-0.3, -0.25) is 4.79 Å². The third kappa shape index (κ3) is 12.3. The molecule has 1 amide bonds. The van der Waals surface area contributed by atoms with E-state index in [2.05, 4.69) is 10.1 Å². The molecule has 2 N–H and O–H groups in total. The molecule has 2 aliphatic carbocycles. The normalized spacial score (nSPS) is 17.1.